The van der Waals surface area contributed by atoms with Gasteiger partial charge in [0.25, 0.3) is 5.91 Å². The van der Waals surface area contributed by atoms with Gasteiger partial charge in [-0.1, -0.05) is 24.3 Å². The molecule has 10 heteroatoms. The Bertz CT molecular complexity index is 1190. The fraction of sp³-hybridized carbons (Fsp3) is 0.276. The van der Waals surface area contributed by atoms with E-state index in [9.17, 15) is 4.79 Å². The van der Waals surface area contributed by atoms with Gasteiger partial charge in [-0.3, -0.25) is 9.79 Å². The minimum absolute atomic E-state index is 0.303. The molecule has 0 spiro atoms. The van der Waals surface area contributed by atoms with Crippen LogP contribution in [0.15, 0.2) is 82.9 Å². The van der Waals surface area contributed by atoms with Crippen LogP contribution in [0.4, 0.5) is 17.1 Å². The number of benzene rings is 3. The minimum atomic E-state index is -0.303. The van der Waals surface area contributed by atoms with Gasteiger partial charge in [-0.05, 0) is 59.7 Å². The Morgan fingerprint density at radius 1 is 0.641 bits per heavy atom. The molecule has 6 nitrogen and oxygen atoms in total. The Morgan fingerprint density at radius 3 is 1.51 bits per heavy atom. The smallest absolute Gasteiger partial charge is 0.271 e. The monoisotopic (exact) mass is 605 g/mol. The zero-order valence-electron chi connectivity index (χ0n) is 21.4. The van der Waals surface area contributed by atoms with Gasteiger partial charge in [0.1, 0.15) is 0 Å². The highest BCUT2D eigenvalue weighted by atomic mass is 35.5. The summed E-state index contributed by atoms with van der Waals surface area (Å²) < 4.78 is 0. The van der Waals surface area contributed by atoms with Crippen LogP contribution in [0.25, 0.3) is 0 Å². The number of aliphatic imine (C=N–C) groups is 1. The lowest BCUT2D eigenvalue weighted by molar-refractivity contribution is 0.0955. The summed E-state index contributed by atoms with van der Waals surface area (Å²) in [6.45, 7) is 2.92. The second-order valence-electron chi connectivity index (χ2n) is 8.42. The average molecular weight is 607 g/mol. The van der Waals surface area contributed by atoms with Gasteiger partial charge in [0.05, 0.1) is 11.9 Å². The summed E-state index contributed by atoms with van der Waals surface area (Å²) in [6.07, 6.45) is 3.39. The van der Waals surface area contributed by atoms with Crippen LogP contribution in [0, 0.1) is 0 Å². The van der Waals surface area contributed by atoms with Crippen LogP contribution in [-0.2, 0) is 0 Å². The molecule has 0 fully saturated rings. The van der Waals surface area contributed by atoms with Crippen LogP contribution < -0.4 is 15.2 Å². The standard InChI is InChI=1S/C29H31Cl4N5O/c30-13-17-37(18-14-31)27-9-1-23(2-10-27)21-34-26-7-5-25(6-8-26)29(39)36-35-22-24-3-11-28(12-4-24)38(19-15-32)20-16-33/h1-12,21-22H,13-20H2,(H,36,39). The second kappa shape index (κ2) is 17.0. The number of amides is 1. The van der Waals surface area contributed by atoms with Crippen molar-refractivity contribution in [3.8, 4) is 0 Å². The fourth-order valence-electron chi connectivity index (χ4n) is 3.77. The lowest BCUT2D eigenvalue weighted by atomic mass is 10.2. The maximum absolute atomic E-state index is 12.5. The molecule has 0 aromatic heterocycles. The van der Waals surface area contributed by atoms with Crippen molar-refractivity contribution in [2.45, 2.75) is 0 Å². The molecule has 3 aromatic carbocycles. The number of alkyl halides is 4. The molecular weight excluding hydrogens is 576 g/mol. The van der Waals surface area contributed by atoms with E-state index >= 15 is 0 Å². The normalized spacial score (nSPS) is 11.3. The van der Waals surface area contributed by atoms with Gasteiger partial charge < -0.3 is 9.80 Å². The Hall–Kier alpha value is -2.77. The van der Waals surface area contributed by atoms with Crippen LogP contribution in [0.5, 0.6) is 0 Å². The molecule has 0 aliphatic carbocycles. The summed E-state index contributed by atoms with van der Waals surface area (Å²) in [5.74, 6) is 1.83. The van der Waals surface area contributed by atoms with Gasteiger partial charge in [-0.2, -0.15) is 5.10 Å². The van der Waals surface area contributed by atoms with Crippen molar-refractivity contribution in [1.29, 1.82) is 0 Å². The SMILES string of the molecule is O=C(NN=Cc1ccc(N(CCCl)CCCl)cc1)c1ccc(N=Cc2ccc(N(CCCl)CCCl)cc2)cc1. The van der Waals surface area contributed by atoms with Gasteiger partial charge in [-0.15, -0.1) is 46.4 Å². The van der Waals surface area contributed by atoms with E-state index in [0.717, 1.165) is 54.4 Å². The third kappa shape index (κ3) is 10.0. The molecule has 0 atom stereocenters. The molecule has 3 rings (SSSR count). The number of hydrogen-bond acceptors (Lipinski definition) is 5. The third-order valence-corrected chi connectivity index (χ3v) is 6.48. The Kier molecular flexibility index (Phi) is 13.4. The number of hydrazone groups is 1. The highest BCUT2D eigenvalue weighted by molar-refractivity contribution is 6.19. The van der Waals surface area contributed by atoms with E-state index in [1.165, 1.54) is 0 Å². The Labute approximate surface area is 250 Å². The molecule has 206 valence electrons. The lowest BCUT2D eigenvalue weighted by Gasteiger charge is -2.22. The fourth-order valence-corrected chi connectivity index (χ4v) is 4.58. The topological polar surface area (TPSA) is 60.3 Å². The first-order valence-corrected chi connectivity index (χ1v) is 14.6. The van der Waals surface area contributed by atoms with Crippen molar-refractivity contribution < 1.29 is 4.79 Å². The number of nitrogens with zero attached hydrogens (tertiary/aromatic N) is 4. The molecule has 1 N–H and O–H groups in total. The van der Waals surface area contributed by atoms with Crippen LogP contribution >= 0.6 is 46.4 Å². The summed E-state index contributed by atoms with van der Waals surface area (Å²) in [5, 5.41) is 4.08. The van der Waals surface area contributed by atoms with E-state index in [-0.39, 0.29) is 5.91 Å². The van der Waals surface area contributed by atoms with Crippen LogP contribution in [0.2, 0.25) is 0 Å². The zero-order chi connectivity index (χ0) is 27.9. The summed E-state index contributed by atoms with van der Waals surface area (Å²) in [6, 6.07) is 22.9. The molecule has 0 radical (unpaired) electrons. The van der Waals surface area contributed by atoms with Gasteiger partial charge >= 0.3 is 0 Å². The van der Waals surface area contributed by atoms with E-state index in [1.807, 2.05) is 48.5 Å². The van der Waals surface area contributed by atoms with E-state index in [0.29, 0.717) is 29.1 Å². The van der Waals surface area contributed by atoms with E-state index < -0.39 is 0 Å². The number of nitrogens with one attached hydrogen (secondary N) is 1. The molecule has 1 amide bonds. The molecule has 3 aromatic rings. The predicted octanol–water partition coefficient (Wildman–Crippen LogP) is 6.77. The maximum atomic E-state index is 12.5. The van der Waals surface area contributed by atoms with Gasteiger partial charge in [0.15, 0.2) is 0 Å². The van der Waals surface area contributed by atoms with E-state index in [4.69, 9.17) is 46.4 Å². The minimum Gasteiger partial charge on any atom is -0.369 e. The molecule has 0 bridgehead atoms. The number of carbonyl (C=O) groups is 1. The predicted molar refractivity (Wildman–Crippen MR) is 169 cm³/mol. The van der Waals surface area contributed by atoms with Crippen molar-refractivity contribution in [3.63, 3.8) is 0 Å². The van der Waals surface area contributed by atoms with Gasteiger partial charge in [-0.25, -0.2) is 5.43 Å². The Balaban J connectivity index is 1.53. The molecule has 39 heavy (non-hydrogen) atoms. The number of anilines is 2. The number of halogens is 4. The van der Waals surface area contributed by atoms with Crippen molar-refractivity contribution in [1.82, 2.24) is 5.43 Å². The van der Waals surface area contributed by atoms with Gasteiger partial charge in [0, 0.05) is 72.9 Å². The van der Waals surface area contributed by atoms with Gasteiger partial charge in [0.2, 0.25) is 0 Å². The first-order chi connectivity index (χ1) is 19.1. The molecule has 0 unspecified atom stereocenters. The first-order valence-electron chi connectivity index (χ1n) is 12.5. The summed E-state index contributed by atoms with van der Waals surface area (Å²) >= 11 is 23.6. The van der Waals surface area contributed by atoms with Crippen LogP contribution in [0.3, 0.4) is 0 Å². The summed E-state index contributed by atoms with van der Waals surface area (Å²) in [4.78, 5) is 21.2. The highest BCUT2D eigenvalue weighted by Gasteiger charge is 2.07. The molecule has 0 heterocycles. The first kappa shape index (κ1) is 30.8. The molecule has 0 saturated heterocycles. The van der Waals surface area contributed by atoms with Crippen molar-refractivity contribution in [3.05, 3.63) is 89.5 Å². The molecular formula is C29H31Cl4N5O. The highest BCUT2D eigenvalue weighted by Crippen LogP contribution is 2.18. The quantitative estimate of drug-likeness (QED) is 0.118. The second-order valence-corrected chi connectivity index (χ2v) is 9.93. The van der Waals surface area contributed by atoms with E-state index in [2.05, 4.69) is 25.3 Å². The molecule has 0 saturated carbocycles. The summed E-state index contributed by atoms with van der Waals surface area (Å²) in [5.41, 5.74) is 7.72. The largest absolute Gasteiger partial charge is 0.369 e. The lowest BCUT2D eigenvalue weighted by Crippen LogP contribution is -2.27. The zero-order valence-corrected chi connectivity index (χ0v) is 24.5. The number of carbonyl (C=O) groups excluding carboxylic acids is 1. The van der Waals surface area contributed by atoms with E-state index in [1.54, 1.807) is 36.7 Å². The number of rotatable bonds is 15. The van der Waals surface area contributed by atoms with Crippen LogP contribution in [-0.4, -0.2) is 68.0 Å². The maximum Gasteiger partial charge on any atom is 0.271 e. The number of hydrogen-bond donors (Lipinski definition) is 1. The van der Waals surface area contributed by atoms with Crippen molar-refractivity contribution in [2.24, 2.45) is 10.1 Å². The van der Waals surface area contributed by atoms with Crippen molar-refractivity contribution >= 4 is 81.8 Å². The van der Waals surface area contributed by atoms with Crippen LogP contribution in [0.1, 0.15) is 21.5 Å². The average Bonchev–Trinajstić information content (AvgIpc) is 2.97. The summed E-state index contributed by atoms with van der Waals surface area (Å²) in [7, 11) is 0. The Morgan fingerprint density at radius 2 is 1.08 bits per heavy atom. The molecule has 0 aliphatic heterocycles. The molecule has 0 aliphatic rings. The third-order valence-electron chi connectivity index (χ3n) is 5.81. The van der Waals surface area contributed by atoms with Crippen molar-refractivity contribution in [2.75, 3.05) is 59.5 Å².